The number of hydrogen-bond donors (Lipinski definition) is 0. The molecule has 1 aromatic heterocycles. The number of nitrogens with zero attached hydrogens (tertiary/aromatic N) is 3. The van der Waals surface area contributed by atoms with Crippen LogP contribution in [0.3, 0.4) is 0 Å². The van der Waals surface area contributed by atoms with Gasteiger partial charge in [-0.25, -0.2) is 0 Å². The lowest BCUT2D eigenvalue weighted by atomic mass is 10.0. The number of benzene rings is 1. The molecule has 0 spiro atoms. The molecule has 23 heavy (non-hydrogen) atoms. The Morgan fingerprint density at radius 1 is 1.00 bits per heavy atom. The fraction of sp³-hybridized carbons (Fsp3) is 0.474. The van der Waals surface area contributed by atoms with Crippen LogP contribution in [0.25, 0.3) is 11.3 Å². The van der Waals surface area contributed by atoms with E-state index >= 15 is 0 Å². The number of aryl methyl sites for hydroxylation is 2. The van der Waals surface area contributed by atoms with Crippen molar-refractivity contribution in [2.75, 3.05) is 25.4 Å². The molecule has 3 rings (SSSR count). The summed E-state index contributed by atoms with van der Waals surface area (Å²) in [7, 11) is 0. The van der Waals surface area contributed by atoms with E-state index < -0.39 is 0 Å². The number of likely N-dealkylation sites (tertiary alicyclic amines) is 1. The standard InChI is InChI=1S/C19H25N3S/c1-15-6-7-16(2)17(14-15)18-8-9-19(21-20-18)23-13-12-22-10-4-3-5-11-22/h6-9,14H,3-5,10-13H2,1-2H3. The predicted octanol–water partition coefficient (Wildman–Crippen LogP) is 4.34. The first-order valence-electron chi connectivity index (χ1n) is 8.49. The maximum Gasteiger partial charge on any atom is 0.119 e. The van der Waals surface area contributed by atoms with Gasteiger partial charge in [-0.05, 0) is 63.5 Å². The molecule has 2 heterocycles. The summed E-state index contributed by atoms with van der Waals surface area (Å²) in [4.78, 5) is 2.56. The highest BCUT2D eigenvalue weighted by Crippen LogP contribution is 2.24. The van der Waals surface area contributed by atoms with Gasteiger partial charge in [-0.15, -0.1) is 22.0 Å². The van der Waals surface area contributed by atoms with Crippen LogP contribution >= 0.6 is 11.8 Å². The third-order valence-electron chi connectivity index (χ3n) is 4.42. The van der Waals surface area contributed by atoms with Crippen molar-refractivity contribution >= 4 is 11.8 Å². The predicted molar refractivity (Wildman–Crippen MR) is 98.0 cm³/mol. The molecule has 1 fully saturated rings. The van der Waals surface area contributed by atoms with Crippen molar-refractivity contribution in [3.63, 3.8) is 0 Å². The second kappa shape index (κ2) is 7.93. The maximum atomic E-state index is 4.43. The molecule has 0 radical (unpaired) electrons. The van der Waals surface area contributed by atoms with Gasteiger partial charge in [-0.3, -0.25) is 0 Å². The van der Waals surface area contributed by atoms with Gasteiger partial charge in [-0.2, -0.15) is 0 Å². The van der Waals surface area contributed by atoms with Crippen LogP contribution in [0.15, 0.2) is 35.4 Å². The zero-order valence-electron chi connectivity index (χ0n) is 14.1. The molecule has 1 saturated heterocycles. The lowest BCUT2D eigenvalue weighted by Crippen LogP contribution is -2.31. The Bertz CT molecular complexity index is 634. The first kappa shape index (κ1) is 16.5. The number of thioether (sulfide) groups is 1. The highest BCUT2D eigenvalue weighted by molar-refractivity contribution is 7.99. The number of piperidine rings is 1. The van der Waals surface area contributed by atoms with Crippen LogP contribution in [0, 0.1) is 13.8 Å². The van der Waals surface area contributed by atoms with Gasteiger partial charge in [0.2, 0.25) is 0 Å². The summed E-state index contributed by atoms with van der Waals surface area (Å²) in [6.07, 6.45) is 4.11. The summed E-state index contributed by atoms with van der Waals surface area (Å²) < 4.78 is 0. The summed E-state index contributed by atoms with van der Waals surface area (Å²) in [6, 6.07) is 10.7. The van der Waals surface area contributed by atoms with Gasteiger partial charge in [0.1, 0.15) is 5.03 Å². The molecule has 0 atom stereocenters. The zero-order valence-corrected chi connectivity index (χ0v) is 14.9. The minimum Gasteiger partial charge on any atom is -0.303 e. The molecule has 1 aromatic carbocycles. The lowest BCUT2D eigenvalue weighted by Gasteiger charge is -2.25. The van der Waals surface area contributed by atoms with Crippen molar-refractivity contribution in [3.8, 4) is 11.3 Å². The van der Waals surface area contributed by atoms with Crippen LogP contribution in [-0.4, -0.2) is 40.5 Å². The SMILES string of the molecule is Cc1ccc(C)c(-c2ccc(SCCN3CCCCC3)nn2)c1. The maximum absolute atomic E-state index is 4.43. The van der Waals surface area contributed by atoms with Crippen molar-refractivity contribution in [2.45, 2.75) is 38.1 Å². The number of hydrogen-bond acceptors (Lipinski definition) is 4. The van der Waals surface area contributed by atoms with Gasteiger partial charge in [0.15, 0.2) is 0 Å². The molecule has 0 N–H and O–H groups in total. The van der Waals surface area contributed by atoms with E-state index in [4.69, 9.17) is 0 Å². The van der Waals surface area contributed by atoms with Gasteiger partial charge < -0.3 is 4.90 Å². The average Bonchev–Trinajstić information content (AvgIpc) is 2.59. The number of rotatable bonds is 5. The fourth-order valence-electron chi connectivity index (χ4n) is 3.01. The fourth-order valence-corrected chi connectivity index (χ4v) is 3.84. The summed E-state index contributed by atoms with van der Waals surface area (Å²) in [6.45, 7) is 7.92. The molecule has 0 unspecified atom stereocenters. The Labute approximate surface area is 143 Å². The highest BCUT2D eigenvalue weighted by Gasteiger charge is 2.10. The Balaban J connectivity index is 1.57. The third-order valence-corrected chi connectivity index (χ3v) is 5.32. The summed E-state index contributed by atoms with van der Waals surface area (Å²) in [5.41, 5.74) is 4.65. The Hall–Kier alpha value is -1.39. The highest BCUT2D eigenvalue weighted by atomic mass is 32.2. The van der Waals surface area contributed by atoms with Crippen LogP contribution in [-0.2, 0) is 0 Å². The van der Waals surface area contributed by atoms with E-state index in [9.17, 15) is 0 Å². The Kier molecular flexibility index (Phi) is 5.68. The van der Waals surface area contributed by atoms with Gasteiger partial charge in [0.05, 0.1) is 5.69 Å². The quantitative estimate of drug-likeness (QED) is 0.764. The molecule has 3 nitrogen and oxygen atoms in total. The summed E-state index contributed by atoms with van der Waals surface area (Å²) in [5, 5.41) is 9.86. The molecule has 0 amide bonds. The van der Waals surface area contributed by atoms with Crippen molar-refractivity contribution in [1.82, 2.24) is 15.1 Å². The van der Waals surface area contributed by atoms with E-state index in [2.05, 4.69) is 59.3 Å². The van der Waals surface area contributed by atoms with Gasteiger partial charge in [0, 0.05) is 17.9 Å². The minimum atomic E-state index is 0.964. The summed E-state index contributed by atoms with van der Waals surface area (Å²) in [5.74, 6) is 1.09. The molecular formula is C19H25N3S. The number of aromatic nitrogens is 2. The average molecular weight is 327 g/mol. The van der Waals surface area contributed by atoms with Crippen LogP contribution in [0.5, 0.6) is 0 Å². The van der Waals surface area contributed by atoms with E-state index in [-0.39, 0.29) is 0 Å². The van der Waals surface area contributed by atoms with Crippen molar-refractivity contribution in [2.24, 2.45) is 0 Å². The topological polar surface area (TPSA) is 29.0 Å². The van der Waals surface area contributed by atoms with Crippen LogP contribution in [0.2, 0.25) is 0 Å². The molecule has 0 bridgehead atoms. The van der Waals surface area contributed by atoms with Gasteiger partial charge in [0.25, 0.3) is 0 Å². The normalized spacial score (nSPS) is 15.7. The van der Waals surface area contributed by atoms with Crippen LogP contribution in [0.4, 0.5) is 0 Å². The smallest absolute Gasteiger partial charge is 0.119 e. The molecule has 4 heteroatoms. The van der Waals surface area contributed by atoms with Gasteiger partial charge >= 0.3 is 0 Å². The van der Waals surface area contributed by atoms with Crippen LogP contribution < -0.4 is 0 Å². The molecule has 1 aliphatic heterocycles. The Morgan fingerprint density at radius 2 is 1.83 bits per heavy atom. The molecule has 122 valence electrons. The first-order chi connectivity index (χ1) is 11.2. The summed E-state index contributed by atoms with van der Waals surface area (Å²) >= 11 is 1.81. The zero-order chi connectivity index (χ0) is 16.1. The second-order valence-corrected chi connectivity index (χ2v) is 7.44. The lowest BCUT2D eigenvalue weighted by molar-refractivity contribution is 0.242. The molecular weight excluding hydrogens is 302 g/mol. The van der Waals surface area contributed by atoms with Crippen molar-refractivity contribution in [1.29, 1.82) is 0 Å². The Morgan fingerprint density at radius 3 is 2.57 bits per heavy atom. The molecule has 0 aliphatic carbocycles. The van der Waals surface area contributed by atoms with E-state index in [1.54, 1.807) is 0 Å². The van der Waals surface area contributed by atoms with E-state index in [0.29, 0.717) is 0 Å². The third kappa shape index (κ3) is 4.55. The van der Waals surface area contributed by atoms with Crippen molar-refractivity contribution < 1.29 is 0 Å². The first-order valence-corrected chi connectivity index (χ1v) is 9.47. The monoisotopic (exact) mass is 327 g/mol. The van der Waals surface area contributed by atoms with E-state index in [1.165, 1.54) is 49.0 Å². The van der Waals surface area contributed by atoms with E-state index in [0.717, 1.165) is 23.0 Å². The van der Waals surface area contributed by atoms with Crippen molar-refractivity contribution in [3.05, 3.63) is 41.5 Å². The minimum absolute atomic E-state index is 0.964. The largest absolute Gasteiger partial charge is 0.303 e. The van der Waals surface area contributed by atoms with Gasteiger partial charge in [-0.1, -0.05) is 24.1 Å². The second-order valence-electron chi connectivity index (χ2n) is 6.33. The molecule has 2 aromatic rings. The molecule has 1 aliphatic rings. The van der Waals surface area contributed by atoms with E-state index in [1.807, 2.05) is 11.8 Å². The molecule has 0 saturated carbocycles. The van der Waals surface area contributed by atoms with Crippen LogP contribution in [0.1, 0.15) is 30.4 Å².